The van der Waals surface area contributed by atoms with Crippen molar-refractivity contribution in [1.29, 1.82) is 0 Å². The van der Waals surface area contributed by atoms with Gasteiger partial charge in [0.05, 0.1) is 13.7 Å². The summed E-state index contributed by atoms with van der Waals surface area (Å²) in [7, 11) is 1.70. The Balaban J connectivity index is 0. The van der Waals surface area contributed by atoms with Crippen molar-refractivity contribution < 1.29 is 14.3 Å². The molecule has 0 spiro atoms. The molecule has 0 amide bonds. The summed E-state index contributed by atoms with van der Waals surface area (Å²) in [6.07, 6.45) is 12.6. The number of methoxy groups -OCH3 is 1. The van der Waals surface area contributed by atoms with Gasteiger partial charge in [-0.3, -0.25) is 0 Å². The van der Waals surface area contributed by atoms with E-state index in [1.165, 1.54) is 45.6 Å². The van der Waals surface area contributed by atoms with Gasteiger partial charge < -0.3 is 9.47 Å². The molecule has 0 aliphatic carbocycles. The molecule has 0 radical (unpaired) electrons. The molecule has 0 aromatic carbocycles. The van der Waals surface area contributed by atoms with Crippen molar-refractivity contribution in [2.45, 2.75) is 66.2 Å². The maximum Gasteiger partial charge on any atom is 0.507 e. The fraction of sp³-hybridized carbons (Fsp3) is 0.938. The third-order valence-corrected chi connectivity index (χ3v) is 5.76. The Labute approximate surface area is 127 Å². The molecule has 0 atom stereocenters. The quantitative estimate of drug-likeness (QED) is 0.386. The average Bonchev–Trinajstić information content (AvgIpc) is 2.47. The topological polar surface area (TPSA) is 35.5 Å². The molecular formula is C16H35O3P. The lowest BCUT2D eigenvalue weighted by Crippen LogP contribution is -2.02. The van der Waals surface area contributed by atoms with Gasteiger partial charge in [-0.15, -0.1) is 7.92 Å². The van der Waals surface area contributed by atoms with E-state index in [2.05, 4.69) is 30.2 Å². The van der Waals surface area contributed by atoms with Crippen LogP contribution < -0.4 is 0 Å². The Kier molecular flexibility index (Phi) is 20.6. The molecule has 4 heteroatoms. The Morgan fingerprint density at radius 2 is 1.25 bits per heavy atom. The maximum atomic E-state index is 9.97. The molecule has 0 rings (SSSR count). The van der Waals surface area contributed by atoms with Gasteiger partial charge in [-0.1, -0.05) is 40.0 Å². The van der Waals surface area contributed by atoms with Crippen LogP contribution in [0, 0.1) is 0 Å². The van der Waals surface area contributed by atoms with Crippen LogP contribution in [0.3, 0.4) is 0 Å². The van der Waals surface area contributed by atoms with Crippen LogP contribution in [-0.4, -0.2) is 38.4 Å². The Hall–Kier alpha value is -0.300. The van der Waals surface area contributed by atoms with E-state index in [0.29, 0.717) is 14.5 Å². The molecule has 0 aliphatic heterocycles. The number of rotatable bonds is 10. The second kappa shape index (κ2) is 18.7. The Morgan fingerprint density at radius 3 is 1.45 bits per heavy atom. The van der Waals surface area contributed by atoms with Gasteiger partial charge in [0.15, 0.2) is 0 Å². The predicted molar refractivity (Wildman–Crippen MR) is 90.3 cm³/mol. The Bertz CT molecular complexity index is 179. The number of ether oxygens (including phenoxy) is 2. The van der Waals surface area contributed by atoms with Gasteiger partial charge >= 0.3 is 6.16 Å². The van der Waals surface area contributed by atoms with Crippen molar-refractivity contribution in [2.24, 2.45) is 0 Å². The highest BCUT2D eigenvalue weighted by atomic mass is 31.1. The molecule has 0 fully saturated rings. The molecule has 0 unspecified atom stereocenters. The van der Waals surface area contributed by atoms with Crippen molar-refractivity contribution in [3.8, 4) is 0 Å². The van der Waals surface area contributed by atoms with E-state index in [1.54, 1.807) is 25.4 Å². The maximum absolute atomic E-state index is 9.97. The first kappa shape index (κ1) is 22.0. The summed E-state index contributed by atoms with van der Waals surface area (Å²) in [6.45, 7) is 9.02. The highest BCUT2D eigenvalue weighted by Gasteiger charge is 2.05. The highest BCUT2D eigenvalue weighted by Crippen LogP contribution is 2.38. The number of unbranched alkanes of at least 4 members (excludes halogenated alkanes) is 3. The minimum absolute atomic E-state index is 0.368. The largest absolute Gasteiger partial charge is 0.507 e. The van der Waals surface area contributed by atoms with Crippen LogP contribution in [0.1, 0.15) is 66.2 Å². The van der Waals surface area contributed by atoms with Gasteiger partial charge in [-0.25, -0.2) is 4.79 Å². The molecule has 20 heavy (non-hydrogen) atoms. The third-order valence-electron chi connectivity index (χ3n) is 2.91. The van der Waals surface area contributed by atoms with E-state index in [9.17, 15) is 4.79 Å². The Morgan fingerprint density at radius 1 is 0.850 bits per heavy atom. The van der Waals surface area contributed by atoms with Crippen molar-refractivity contribution in [2.75, 3.05) is 32.2 Å². The molecule has 0 aliphatic rings. The monoisotopic (exact) mass is 306 g/mol. The zero-order chi connectivity index (χ0) is 15.6. The zero-order valence-electron chi connectivity index (χ0n) is 14.2. The van der Waals surface area contributed by atoms with E-state index in [4.69, 9.17) is 0 Å². The SMILES string of the molecule is CCCCP(CCCC)CCCC.CCOC(=O)OC. The van der Waals surface area contributed by atoms with Gasteiger partial charge in [0.1, 0.15) is 0 Å². The molecular weight excluding hydrogens is 271 g/mol. The van der Waals surface area contributed by atoms with Gasteiger partial charge in [-0.2, -0.15) is 0 Å². The fourth-order valence-corrected chi connectivity index (χ4v) is 4.62. The molecule has 0 N–H and O–H groups in total. The first-order chi connectivity index (χ1) is 9.65. The van der Waals surface area contributed by atoms with E-state index in [-0.39, 0.29) is 0 Å². The smallest absolute Gasteiger partial charge is 0.438 e. The second-order valence-corrected chi connectivity index (χ2v) is 7.47. The summed E-state index contributed by atoms with van der Waals surface area (Å²) in [5, 5.41) is 0. The van der Waals surface area contributed by atoms with Crippen LogP contribution in [0.4, 0.5) is 4.79 Å². The summed E-state index contributed by atoms with van der Waals surface area (Å²) in [5.41, 5.74) is 0. The van der Waals surface area contributed by atoms with Crippen LogP contribution in [-0.2, 0) is 9.47 Å². The summed E-state index contributed by atoms with van der Waals surface area (Å²) < 4.78 is 8.46. The number of hydrogen-bond acceptors (Lipinski definition) is 3. The van der Waals surface area contributed by atoms with E-state index in [1.807, 2.05) is 0 Å². The van der Waals surface area contributed by atoms with Crippen LogP contribution >= 0.6 is 7.92 Å². The molecule has 0 bridgehead atoms. The molecule has 0 heterocycles. The number of carbonyl (C=O) groups is 1. The standard InChI is InChI=1S/C12H27P.C4H8O3/c1-4-7-10-13(11-8-5-2)12-9-6-3;1-3-7-4(5)6-2/h4-12H2,1-3H3;3H2,1-2H3. The van der Waals surface area contributed by atoms with Crippen LogP contribution in [0.5, 0.6) is 0 Å². The summed E-state index contributed by atoms with van der Waals surface area (Å²) >= 11 is 0. The van der Waals surface area contributed by atoms with Crippen molar-refractivity contribution in [1.82, 2.24) is 0 Å². The number of hydrogen-bond donors (Lipinski definition) is 0. The zero-order valence-corrected chi connectivity index (χ0v) is 15.1. The van der Waals surface area contributed by atoms with E-state index >= 15 is 0 Å². The van der Waals surface area contributed by atoms with Crippen molar-refractivity contribution in [3.63, 3.8) is 0 Å². The predicted octanol–water partition coefficient (Wildman–Crippen LogP) is 5.66. The average molecular weight is 306 g/mol. The first-order valence-corrected chi connectivity index (χ1v) is 9.98. The summed E-state index contributed by atoms with van der Waals surface area (Å²) in [5.74, 6) is 0. The molecule has 3 nitrogen and oxygen atoms in total. The summed E-state index contributed by atoms with van der Waals surface area (Å²) in [6, 6.07) is 0. The van der Waals surface area contributed by atoms with Gasteiger partial charge in [0.25, 0.3) is 0 Å². The molecule has 122 valence electrons. The molecule has 0 saturated heterocycles. The molecule has 0 aromatic heterocycles. The van der Waals surface area contributed by atoms with Crippen LogP contribution in [0.25, 0.3) is 0 Å². The highest BCUT2D eigenvalue weighted by molar-refractivity contribution is 7.57. The van der Waals surface area contributed by atoms with Crippen molar-refractivity contribution in [3.05, 3.63) is 0 Å². The third kappa shape index (κ3) is 17.7. The number of carbonyl (C=O) groups excluding carboxylic acids is 1. The minimum atomic E-state index is -0.623. The second-order valence-electron chi connectivity index (χ2n) is 4.79. The van der Waals surface area contributed by atoms with Crippen molar-refractivity contribution >= 4 is 14.1 Å². The first-order valence-electron chi connectivity index (χ1n) is 8.09. The van der Waals surface area contributed by atoms with E-state index < -0.39 is 6.16 Å². The minimum Gasteiger partial charge on any atom is -0.438 e. The molecule has 0 aromatic rings. The van der Waals surface area contributed by atoms with Gasteiger partial charge in [0, 0.05) is 0 Å². The molecule has 0 saturated carbocycles. The van der Waals surface area contributed by atoms with Gasteiger partial charge in [0.2, 0.25) is 0 Å². The lowest BCUT2D eigenvalue weighted by molar-refractivity contribution is 0.0771. The summed E-state index contributed by atoms with van der Waals surface area (Å²) in [4.78, 5) is 9.97. The lowest BCUT2D eigenvalue weighted by Gasteiger charge is -2.16. The van der Waals surface area contributed by atoms with Gasteiger partial charge in [-0.05, 0) is 44.7 Å². The lowest BCUT2D eigenvalue weighted by atomic mass is 10.4. The van der Waals surface area contributed by atoms with Crippen LogP contribution in [0.2, 0.25) is 0 Å². The fourth-order valence-electron chi connectivity index (χ4n) is 1.66. The van der Waals surface area contributed by atoms with E-state index in [0.717, 1.165) is 0 Å². The van der Waals surface area contributed by atoms with Crippen LogP contribution in [0.15, 0.2) is 0 Å². The normalized spacial score (nSPS) is 9.90.